The predicted molar refractivity (Wildman–Crippen MR) is 251 cm³/mol. The van der Waals surface area contributed by atoms with Gasteiger partial charge >= 0.3 is 41.4 Å². The van der Waals surface area contributed by atoms with Crippen molar-refractivity contribution in [3.8, 4) is 0 Å². The minimum absolute atomic E-state index is 0. The van der Waals surface area contributed by atoms with E-state index in [1.54, 1.807) is 0 Å². The van der Waals surface area contributed by atoms with Crippen molar-refractivity contribution in [2.24, 2.45) is 0 Å². The zero-order chi connectivity index (χ0) is 43.2. The molecule has 0 unspecified atom stereocenters. The number of nitrogens with one attached hydrogen (secondary N) is 2. The van der Waals surface area contributed by atoms with Crippen molar-refractivity contribution in [3.05, 3.63) is 119 Å². The number of amides is 2. The van der Waals surface area contributed by atoms with Gasteiger partial charge in [0.25, 0.3) is 0 Å². The number of rotatable bonds is 18. The van der Waals surface area contributed by atoms with Crippen LogP contribution in [0.15, 0.2) is 94.7 Å². The van der Waals surface area contributed by atoms with Crippen LogP contribution in [0.3, 0.4) is 0 Å². The summed E-state index contributed by atoms with van der Waals surface area (Å²) in [5.41, 5.74) is 8.85. The standard InChI is InChI=1S/C44H57ClN4O6S.CH3.2ClH.H2N.H2O.Pt/c1-43(2)34-18-7-9-20-36(34)48(29-11-5-6-22-40(50)46-27-15-28-47-42(51)52)38(43)25-23-32-16-14-17-33(41(32)45)24-26-39-44(3,4)35-19-8-10-21-37(35)49(39)30-12-13-31-56(53,54)55;;;;;;/h7-10,18-21,23-26,47H,5-6,11-17,22,27-31H2,1-4H3,(H2-,46,50,51,52,53,54,55);1H3;2*1H;2*1H2;/q;-1;;;-1;;+4/p-2. The number of hydrogen-bond acceptors (Lipinski definition) is 6. The maximum Gasteiger partial charge on any atom is -0.693 e. The zero-order valence-electron chi connectivity index (χ0n) is 36.4. The number of nitrogens with two attached hydrogens (primary N) is 1. The largest absolute Gasteiger partial charge is 0.693 e. The summed E-state index contributed by atoms with van der Waals surface area (Å²) in [5, 5.41) is 14.6. The number of allylic oxidation sites excluding steroid dienone is 8. The second-order valence-electron chi connectivity index (χ2n) is 16.0. The van der Waals surface area contributed by atoms with Crippen LogP contribution in [0.5, 0.6) is 0 Å². The number of benzene rings is 2. The Bertz CT molecular complexity index is 2090. The predicted octanol–water partition coefficient (Wildman–Crippen LogP) is 10.3. The molecule has 2 amide bonds. The summed E-state index contributed by atoms with van der Waals surface area (Å²) in [6.07, 6.45) is 15.0. The molecule has 0 spiro atoms. The number of anilines is 1. The van der Waals surface area contributed by atoms with Crippen LogP contribution in [-0.4, -0.2) is 77.8 Å². The molecule has 0 aromatic heterocycles. The Morgan fingerprint density at radius 2 is 1.53 bits per heavy atom. The zero-order valence-corrected chi connectivity index (χ0v) is 41.7. The number of unbranched alkanes of at least 4 members (excludes halogenated alkanes) is 3. The number of fused-ring (bicyclic) bond motifs is 2. The summed E-state index contributed by atoms with van der Waals surface area (Å²) in [6, 6.07) is 16.9. The summed E-state index contributed by atoms with van der Waals surface area (Å²) in [4.78, 5) is 25.1. The van der Waals surface area contributed by atoms with Crippen LogP contribution in [0.25, 0.3) is 6.15 Å². The molecule has 17 heteroatoms. The monoisotopic (exact) mass is 1120 g/mol. The van der Waals surface area contributed by atoms with Crippen LogP contribution >= 0.6 is 30.4 Å². The van der Waals surface area contributed by atoms with Crippen molar-refractivity contribution in [3.63, 3.8) is 0 Å². The Labute approximate surface area is 391 Å². The van der Waals surface area contributed by atoms with Gasteiger partial charge in [0.15, 0.2) is 5.71 Å². The molecule has 3 aliphatic rings. The summed E-state index contributed by atoms with van der Waals surface area (Å²) in [5.74, 6) is -0.364. The fourth-order valence-electron chi connectivity index (χ4n) is 8.21. The molecule has 0 atom stereocenters. The molecule has 5 rings (SSSR count). The Balaban J connectivity index is 0.00000311. The van der Waals surface area contributed by atoms with E-state index in [4.69, 9.17) is 35.5 Å². The fraction of sp³-hybridized carbons (Fsp3) is 0.467. The minimum Gasteiger partial charge on any atom is -0.693 e. The quantitative estimate of drug-likeness (QED) is 0.0569. The second-order valence-corrected chi connectivity index (χ2v) is 21.2. The number of para-hydroxylation sites is 2. The van der Waals surface area contributed by atoms with Gasteiger partial charge in [-0.1, -0.05) is 74.0 Å². The van der Waals surface area contributed by atoms with Gasteiger partial charge in [-0.15, -0.1) is 0 Å². The average Bonchev–Trinajstić information content (AvgIpc) is 3.53. The third-order valence-corrected chi connectivity index (χ3v) is 12.5. The van der Waals surface area contributed by atoms with Crippen molar-refractivity contribution >= 4 is 69.6 Å². The summed E-state index contributed by atoms with van der Waals surface area (Å²) in [7, 11) is 5.50. The molecule has 0 fully saturated rings. The minimum atomic E-state index is -4.25. The Morgan fingerprint density at radius 1 is 0.887 bits per heavy atom. The third kappa shape index (κ3) is 15.6. The Kier molecular flexibility index (Phi) is 24.6. The van der Waals surface area contributed by atoms with Gasteiger partial charge in [0.2, 0.25) is 11.6 Å². The Morgan fingerprint density at radius 3 is 2.21 bits per heavy atom. The first kappa shape index (κ1) is 57.0. The first-order valence-corrected chi connectivity index (χ1v) is 27.7. The SMILES string of the molecule is CC1(C)C(=CC=C2CCCC(C=CC3=[N+](CCCCCC(=O)NCCCNC(=O)O)c4ccccc4C3(C)C)=C2Cl)N(CCCCS(=O)(=O)[O-])c2ccccc21.O.[CH3-].[Cl][Pt+2][Cl].[NH2-]. The molecule has 0 bridgehead atoms. The normalized spacial score (nSPS) is 17.5. The van der Waals surface area contributed by atoms with Gasteiger partial charge in [-0.3, -0.25) is 4.79 Å². The first-order chi connectivity index (χ1) is 28.0. The van der Waals surface area contributed by atoms with Crippen molar-refractivity contribution in [2.45, 2.75) is 103 Å². The third-order valence-electron chi connectivity index (χ3n) is 11.2. The Hall–Kier alpha value is -3.00. The van der Waals surface area contributed by atoms with E-state index in [0.717, 1.165) is 72.6 Å². The summed E-state index contributed by atoms with van der Waals surface area (Å²) >= 11 is 6.74. The van der Waals surface area contributed by atoms with Gasteiger partial charge in [-0.2, -0.15) is 4.58 Å². The molecule has 12 nitrogen and oxygen atoms in total. The molecule has 2 heterocycles. The number of halogens is 3. The van der Waals surface area contributed by atoms with Crippen LogP contribution in [0.2, 0.25) is 0 Å². The van der Waals surface area contributed by atoms with E-state index in [1.807, 2.05) is 12.1 Å². The van der Waals surface area contributed by atoms with E-state index in [2.05, 4.69) is 109 Å². The van der Waals surface area contributed by atoms with E-state index in [0.29, 0.717) is 45.3 Å². The number of carbonyl (C=O) groups is 2. The van der Waals surface area contributed by atoms with Crippen molar-refractivity contribution < 1.29 is 54.2 Å². The molecular formula is C45H64Cl3N5O7PtS. The van der Waals surface area contributed by atoms with Gasteiger partial charge in [0.1, 0.15) is 6.54 Å². The molecule has 1 aliphatic carbocycles. The smallest absolute Gasteiger partial charge is 0.693 e. The maximum atomic E-state index is 12.3. The van der Waals surface area contributed by atoms with Crippen LogP contribution < -0.4 is 15.5 Å². The molecule has 0 radical (unpaired) electrons. The topological polar surface area (TPSA) is 207 Å². The van der Waals surface area contributed by atoms with Crippen molar-refractivity contribution in [2.75, 3.05) is 36.8 Å². The molecule has 2 aromatic rings. The maximum absolute atomic E-state index is 12.3. The van der Waals surface area contributed by atoms with E-state index in [9.17, 15) is 22.6 Å². The number of carboxylic acid groups (broad SMARTS) is 1. The number of nitrogens with zero attached hydrogens (tertiary/aromatic N) is 2. The van der Waals surface area contributed by atoms with Gasteiger partial charge < -0.3 is 44.2 Å². The summed E-state index contributed by atoms with van der Waals surface area (Å²) in [6.45, 7) is 11.2. The van der Waals surface area contributed by atoms with E-state index in [-0.39, 0.29) is 41.5 Å². The molecule has 7 N–H and O–H groups in total. The molecule has 2 aliphatic heterocycles. The van der Waals surface area contributed by atoms with E-state index >= 15 is 0 Å². The fourth-order valence-corrected chi connectivity index (χ4v) is 9.08. The van der Waals surface area contributed by atoms with Crippen LogP contribution in [0, 0.1) is 7.43 Å². The number of hydrogen-bond donors (Lipinski definition) is 3. The van der Waals surface area contributed by atoms with Crippen LogP contribution in [0.1, 0.15) is 103 Å². The van der Waals surface area contributed by atoms with Gasteiger partial charge in [0, 0.05) is 77.8 Å². The summed E-state index contributed by atoms with van der Waals surface area (Å²) < 4.78 is 36.2. The molecule has 62 heavy (non-hydrogen) atoms. The molecule has 348 valence electrons. The number of carbonyl (C=O) groups excluding carboxylic acids is 1. The van der Waals surface area contributed by atoms with E-state index in [1.165, 1.54) is 22.5 Å². The average molecular weight is 1120 g/mol. The van der Waals surface area contributed by atoms with Gasteiger partial charge in [0.05, 0.1) is 15.5 Å². The van der Waals surface area contributed by atoms with Crippen molar-refractivity contribution in [1.82, 2.24) is 10.6 Å². The molecular weight excluding hydrogens is 1060 g/mol. The van der Waals surface area contributed by atoms with E-state index < -0.39 is 32.7 Å². The van der Waals surface area contributed by atoms with Crippen LogP contribution in [0.4, 0.5) is 16.2 Å². The first-order valence-electron chi connectivity index (χ1n) is 20.1. The second kappa shape index (κ2) is 26.7. The molecule has 0 saturated heterocycles. The van der Waals surface area contributed by atoms with Crippen LogP contribution in [-0.2, 0) is 42.2 Å². The van der Waals surface area contributed by atoms with Gasteiger partial charge in [-0.05, 0) is 94.1 Å². The molecule has 2 aromatic carbocycles. The van der Waals surface area contributed by atoms with Crippen molar-refractivity contribution in [1.29, 1.82) is 0 Å². The molecule has 0 saturated carbocycles. The van der Waals surface area contributed by atoms with Gasteiger partial charge in [-0.25, -0.2) is 13.2 Å².